The smallest absolute Gasteiger partial charge is 0.307 e. The molecule has 1 aliphatic carbocycles. The molecule has 0 fully saturated rings. The SMILES string of the molecule is Cc1nn(C)c(C)c1NC(=O)[C@H](C)OC(=O)CCC(=O)c1ccc2c(c1)CCCC2. The first-order chi connectivity index (χ1) is 14.3. The van der Waals surface area contributed by atoms with Crippen LogP contribution in [0, 0.1) is 13.8 Å². The predicted octanol–water partition coefficient (Wildman–Crippen LogP) is 3.45. The van der Waals surface area contributed by atoms with E-state index in [4.69, 9.17) is 4.74 Å². The van der Waals surface area contributed by atoms with Crippen molar-refractivity contribution in [3.63, 3.8) is 0 Å². The average molecular weight is 412 g/mol. The van der Waals surface area contributed by atoms with E-state index in [-0.39, 0.29) is 18.6 Å². The minimum atomic E-state index is -0.963. The van der Waals surface area contributed by atoms with Gasteiger partial charge in [0.05, 0.1) is 23.5 Å². The van der Waals surface area contributed by atoms with Crippen LogP contribution in [0.1, 0.15) is 65.5 Å². The zero-order chi connectivity index (χ0) is 21.8. The second-order valence-electron chi connectivity index (χ2n) is 7.90. The number of aromatic nitrogens is 2. The molecule has 1 aromatic heterocycles. The molecule has 0 bridgehead atoms. The van der Waals surface area contributed by atoms with Gasteiger partial charge in [-0.15, -0.1) is 0 Å². The van der Waals surface area contributed by atoms with E-state index in [0.717, 1.165) is 25.0 Å². The number of carbonyl (C=O) groups excluding carboxylic acids is 3. The number of hydrogen-bond donors (Lipinski definition) is 1. The summed E-state index contributed by atoms with van der Waals surface area (Å²) in [6.45, 7) is 5.16. The van der Waals surface area contributed by atoms with Gasteiger partial charge in [0.15, 0.2) is 11.9 Å². The van der Waals surface area contributed by atoms with Gasteiger partial charge >= 0.3 is 5.97 Å². The van der Waals surface area contributed by atoms with E-state index >= 15 is 0 Å². The number of hydrogen-bond acceptors (Lipinski definition) is 5. The minimum absolute atomic E-state index is 0.0571. The average Bonchev–Trinajstić information content (AvgIpc) is 2.97. The molecule has 1 heterocycles. The Morgan fingerprint density at radius 1 is 1.13 bits per heavy atom. The number of esters is 1. The molecule has 0 unspecified atom stereocenters. The normalized spacial score (nSPS) is 14.0. The van der Waals surface area contributed by atoms with Crippen LogP contribution >= 0.6 is 0 Å². The highest BCUT2D eigenvalue weighted by Crippen LogP contribution is 2.23. The van der Waals surface area contributed by atoms with E-state index in [0.29, 0.717) is 16.9 Å². The van der Waals surface area contributed by atoms with Gasteiger partial charge in [-0.1, -0.05) is 12.1 Å². The molecule has 0 saturated heterocycles. The number of rotatable bonds is 7. The molecule has 1 atom stereocenters. The van der Waals surface area contributed by atoms with Crippen molar-refractivity contribution >= 4 is 23.3 Å². The van der Waals surface area contributed by atoms with Gasteiger partial charge in [0.2, 0.25) is 0 Å². The minimum Gasteiger partial charge on any atom is -0.453 e. The zero-order valence-electron chi connectivity index (χ0n) is 18.1. The lowest BCUT2D eigenvalue weighted by Gasteiger charge is -2.16. The number of carbonyl (C=O) groups is 3. The lowest BCUT2D eigenvalue weighted by Crippen LogP contribution is -2.30. The van der Waals surface area contributed by atoms with E-state index in [9.17, 15) is 14.4 Å². The summed E-state index contributed by atoms with van der Waals surface area (Å²) in [6.07, 6.45) is 3.45. The van der Waals surface area contributed by atoms with Crippen LogP contribution in [0.25, 0.3) is 0 Å². The molecule has 160 valence electrons. The second kappa shape index (κ2) is 9.24. The maximum atomic E-state index is 12.5. The lowest BCUT2D eigenvalue weighted by atomic mass is 9.89. The molecule has 0 spiro atoms. The van der Waals surface area contributed by atoms with Gasteiger partial charge in [-0.05, 0) is 63.6 Å². The summed E-state index contributed by atoms with van der Waals surface area (Å²) < 4.78 is 6.89. The van der Waals surface area contributed by atoms with Crippen molar-refractivity contribution in [3.8, 4) is 0 Å². The number of benzene rings is 1. The van der Waals surface area contributed by atoms with Gasteiger partial charge in [-0.3, -0.25) is 19.1 Å². The number of fused-ring (bicyclic) bond motifs is 1. The zero-order valence-corrected chi connectivity index (χ0v) is 18.1. The fraction of sp³-hybridized carbons (Fsp3) is 0.478. The van der Waals surface area contributed by atoms with Gasteiger partial charge in [-0.25, -0.2) is 0 Å². The predicted molar refractivity (Wildman–Crippen MR) is 114 cm³/mol. The first kappa shape index (κ1) is 21.7. The van der Waals surface area contributed by atoms with Crippen molar-refractivity contribution in [2.45, 2.75) is 65.4 Å². The Morgan fingerprint density at radius 2 is 1.83 bits per heavy atom. The largest absolute Gasteiger partial charge is 0.453 e. The maximum Gasteiger partial charge on any atom is 0.307 e. The van der Waals surface area contributed by atoms with E-state index in [1.165, 1.54) is 24.5 Å². The van der Waals surface area contributed by atoms with Gasteiger partial charge in [-0.2, -0.15) is 5.10 Å². The monoisotopic (exact) mass is 411 g/mol. The van der Waals surface area contributed by atoms with Crippen LogP contribution in [0.15, 0.2) is 18.2 Å². The first-order valence-corrected chi connectivity index (χ1v) is 10.4. The van der Waals surface area contributed by atoms with Crippen molar-refractivity contribution < 1.29 is 19.1 Å². The highest BCUT2D eigenvalue weighted by molar-refractivity contribution is 5.98. The third kappa shape index (κ3) is 4.96. The van der Waals surface area contributed by atoms with Crippen LogP contribution in [-0.4, -0.2) is 33.5 Å². The number of ketones is 1. The Bertz CT molecular complexity index is 977. The Labute approximate surface area is 176 Å². The molecular formula is C23H29N3O4. The summed E-state index contributed by atoms with van der Waals surface area (Å²) in [5, 5.41) is 7.00. The molecular weight excluding hydrogens is 382 g/mol. The van der Waals surface area contributed by atoms with Crippen LogP contribution in [0.4, 0.5) is 5.69 Å². The number of ether oxygens (including phenoxy) is 1. The third-order valence-electron chi connectivity index (χ3n) is 5.66. The summed E-state index contributed by atoms with van der Waals surface area (Å²) in [5.41, 5.74) is 5.31. The summed E-state index contributed by atoms with van der Waals surface area (Å²) in [5.74, 6) is -1.08. The Kier molecular flexibility index (Phi) is 6.70. The van der Waals surface area contributed by atoms with Crippen molar-refractivity contribution in [1.82, 2.24) is 9.78 Å². The van der Waals surface area contributed by atoms with Crippen LogP contribution in [0.2, 0.25) is 0 Å². The van der Waals surface area contributed by atoms with E-state index in [1.807, 2.05) is 25.1 Å². The molecule has 2 aromatic rings. The summed E-state index contributed by atoms with van der Waals surface area (Å²) in [7, 11) is 1.79. The molecule has 1 N–H and O–H groups in total. The second-order valence-corrected chi connectivity index (χ2v) is 7.90. The number of aryl methyl sites for hydroxylation is 4. The van der Waals surface area contributed by atoms with Gasteiger partial charge in [0.1, 0.15) is 0 Å². The molecule has 7 nitrogen and oxygen atoms in total. The number of amides is 1. The Balaban J connectivity index is 1.50. The molecule has 1 amide bonds. The molecule has 0 saturated carbocycles. The van der Waals surface area contributed by atoms with Crippen LogP contribution in [0.3, 0.4) is 0 Å². The summed E-state index contributed by atoms with van der Waals surface area (Å²) in [6, 6.07) is 5.82. The van der Waals surface area contributed by atoms with Gasteiger partial charge in [0.25, 0.3) is 5.91 Å². The summed E-state index contributed by atoms with van der Waals surface area (Å²) in [4.78, 5) is 37.0. The van der Waals surface area contributed by atoms with Crippen LogP contribution in [-0.2, 0) is 34.2 Å². The molecule has 1 aromatic carbocycles. The maximum absolute atomic E-state index is 12.5. The van der Waals surface area contributed by atoms with E-state index in [1.54, 1.807) is 18.7 Å². The van der Waals surface area contributed by atoms with Gasteiger partial charge in [0, 0.05) is 19.0 Å². The quantitative estimate of drug-likeness (QED) is 0.557. The van der Waals surface area contributed by atoms with Crippen molar-refractivity contribution in [3.05, 3.63) is 46.3 Å². The van der Waals surface area contributed by atoms with Crippen LogP contribution < -0.4 is 5.32 Å². The molecule has 0 aliphatic heterocycles. The molecule has 3 rings (SSSR count). The fourth-order valence-corrected chi connectivity index (χ4v) is 3.76. The first-order valence-electron chi connectivity index (χ1n) is 10.4. The molecule has 30 heavy (non-hydrogen) atoms. The molecule has 0 radical (unpaired) electrons. The van der Waals surface area contributed by atoms with Crippen molar-refractivity contribution in [2.24, 2.45) is 7.05 Å². The Hall–Kier alpha value is -2.96. The topological polar surface area (TPSA) is 90.3 Å². The number of nitrogens with zero attached hydrogens (tertiary/aromatic N) is 2. The number of Topliss-reactive ketones (excluding diaryl/α,β-unsaturated/α-hetero) is 1. The standard InChI is InChI=1S/C23H29N3O4/c1-14-22(15(2)26(4)25-14)24-23(29)16(3)30-21(28)12-11-20(27)19-10-9-17-7-5-6-8-18(17)13-19/h9-10,13,16H,5-8,11-12H2,1-4H3,(H,24,29)/t16-/m0/s1. The number of anilines is 1. The number of nitrogens with one attached hydrogen (secondary N) is 1. The Morgan fingerprint density at radius 3 is 2.50 bits per heavy atom. The fourth-order valence-electron chi connectivity index (χ4n) is 3.76. The highest BCUT2D eigenvalue weighted by atomic mass is 16.5. The molecule has 1 aliphatic rings. The van der Waals surface area contributed by atoms with Gasteiger partial charge < -0.3 is 10.1 Å². The summed E-state index contributed by atoms with van der Waals surface area (Å²) >= 11 is 0. The third-order valence-corrected chi connectivity index (χ3v) is 5.66. The van der Waals surface area contributed by atoms with Crippen molar-refractivity contribution in [2.75, 3.05) is 5.32 Å². The van der Waals surface area contributed by atoms with Crippen LogP contribution in [0.5, 0.6) is 0 Å². The highest BCUT2D eigenvalue weighted by Gasteiger charge is 2.21. The lowest BCUT2D eigenvalue weighted by molar-refractivity contribution is -0.153. The van der Waals surface area contributed by atoms with Crippen molar-refractivity contribution in [1.29, 1.82) is 0 Å². The van der Waals surface area contributed by atoms with E-state index in [2.05, 4.69) is 10.4 Å². The molecule has 7 heteroatoms. The van der Waals surface area contributed by atoms with E-state index < -0.39 is 18.0 Å².